The number of ether oxygens (including phenoxy) is 2. The van der Waals surface area contributed by atoms with E-state index in [0.717, 1.165) is 0 Å². The Labute approximate surface area is 115 Å². The van der Waals surface area contributed by atoms with E-state index in [9.17, 15) is 4.79 Å². The van der Waals surface area contributed by atoms with Crippen molar-refractivity contribution in [3.05, 3.63) is 36.4 Å². The van der Waals surface area contributed by atoms with Crippen molar-refractivity contribution in [3.8, 4) is 11.8 Å². The van der Waals surface area contributed by atoms with Crippen LogP contribution in [-0.2, 0) is 9.63 Å². The smallest absolute Gasteiger partial charge is 0.321 e. The molecular formula is C13H13N3O4. The summed E-state index contributed by atoms with van der Waals surface area (Å²) in [7, 11) is 2.94. The molecule has 0 fully saturated rings. The molecule has 0 saturated heterocycles. The van der Waals surface area contributed by atoms with E-state index in [0.29, 0.717) is 23.9 Å². The number of methoxy groups -OCH3 is 2. The molecule has 2 rings (SSSR count). The van der Waals surface area contributed by atoms with E-state index in [1.54, 1.807) is 24.3 Å². The molecule has 1 heterocycles. The van der Waals surface area contributed by atoms with Crippen molar-refractivity contribution in [3.63, 3.8) is 0 Å². The van der Waals surface area contributed by atoms with Crippen LogP contribution in [0.5, 0.6) is 11.8 Å². The molecule has 0 aliphatic rings. The number of carbonyl (C=O) groups is 1. The molecule has 0 bridgehead atoms. The summed E-state index contributed by atoms with van der Waals surface area (Å²) in [5.41, 5.74) is 0.593. The summed E-state index contributed by atoms with van der Waals surface area (Å²) in [5, 5.41) is 1.18. The second-order valence-electron chi connectivity index (χ2n) is 3.58. The molecule has 7 nitrogen and oxygen atoms in total. The number of carbonyl (C=O) groups excluding carboxylic acids is 1. The van der Waals surface area contributed by atoms with Crippen molar-refractivity contribution in [1.29, 1.82) is 0 Å². The van der Waals surface area contributed by atoms with E-state index in [-0.39, 0.29) is 5.95 Å². The average Bonchev–Trinajstić information content (AvgIpc) is 2.52. The van der Waals surface area contributed by atoms with Crippen LogP contribution in [0.25, 0.3) is 0 Å². The van der Waals surface area contributed by atoms with Crippen LogP contribution in [0.1, 0.15) is 0 Å². The van der Waals surface area contributed by atoms with Crippen LogP contribution < -0.4 is 14.5 Å². The lowest BCUT2D eigenvalue weighted by Gasteiger charge is -2.19. The van der Waals surface area contributed by atoms with Gasteiger partial charge in [-0.15, -0.1) is 5.06 Å². The molecule has 104 valence electrons. The Bertz CT molecular complexity index is 555. The first-order valence-electron chi connectivity index (χ1n) is 5.71. The first kappa shape index (κ1) is 13.6. The van der Waals surface area contributed by atoms with Crippen LogP contribution >= 0.6 is 0 Å². The zero-order valence-electron chi connectivity index (χ0n) is 11.0. The van der Waals surface area contributed by atoms with Gasteiger partial charge in [-0.25, -0.2) is 0 Å². The highest BCUT2D eigenvalue weighted by Gasteiger charge is 2.16. The van der Waals surface area contributed by atoms with Crippen LogP contribution in [0.15, 0.2) is 36.4 Å². The third-order valence-corrected chi connectivity index (χ3v) is 2.41. The molecule has 0 amide bonds. The fourth-order valence-electron chi connectivity index (χ4n) is 1.52. The quantitative estimate of drug-likeness (QED) is 0.587. The van der Waals surface area contributed by atoms with E-state index in [1.165, 1.54) is 25.3 Å². The topological polar surface area (TPSA) is 73.8 Å². The predicted molar refractivity (Wildman–Crippen MR) is 70.9 cm³/mol. The van der Waals surface area contributed by atoms with Gasteiger partial charge in [0.15, 0.2) is 0 Å². The lowest BCUT2D eigenvalue weighted by molar-refractivity contribution is -0.128. The first-order valence-corrected chi connectivity index (χ1v) is 5.71. The molecule has 0 N–H and O–H groups in total. The Morgan fingerprint density at radius 3 is 2.15 bits per heavy atom. The van der Waals surface area contributed by atoms with Crippen molar-refractivity contribution in [1.82, 2.24) is 9.97 Å². The van der Waals surface area contributed by atoms with Gasteiger partial charge in [0, 0.05) is 0 Å². The molecule has 7 heteroatoms. The summed E-state index contributed by atoms with van der Waals surface area (Å²) < 4.78 is 10.1. The Morgan fingerprint density at radius 2 is 1.65 bits per heavy atom. The lowest BCUT2D eigenvalue weighted by atomic mass is 10.3. The van der Waals surface area contributed by atoms with Crippen LogP contribution in [0.4, 0.5) is 11.6 Å². The minimum absolute atomic E-state index is 0.125. The highest BCUT2D eigenvalue weighted by atomic mass is 16.7. The van der Waals surface area contributed by atoms with E-state index < -0.39 is 0 Å². The maximum Gasteiger partial charge on any atom is 0.321 e. The molecule has 2 aromatic rings. The number of hydrogen-bond donors (Lipinski definition) is 0. The minimum Gasteiger partial charge on any atom is -0.481 e. The third kappa shape index (κ3) is 2.94. The van der Waals surface area contributed by atoms with Gasteiger partial charge in [0.1, 0.15) is 0 Å². The molecule has 0 saturated carbocycles. The van der Waals surface area contributed by atoms with Gasteiger partial charge < -0.3 is 14.3 Å². The first-order chi connectivity index (χ1) is 9.78. The summed E-state index contributed by atoms with van der Waals surface area (Å²) in [6.07, 6.45) is 0. The lowest BCUT2D eigenvalue weighted by Crippen LogP contribution is -2.19. The van der Waals surface area contributed by atoms with Gasteiger partial charge in [0.25, 0.3) is 5.95 Å². The van der Waals surface area contributed by atoms with Gasteiger partial charge >= 0.3 is 6.47 Å². The van der Waals surface area contributed by atoms with E-state index in [2.05, 4.69) is 9.97 Å². The largest absolute Gasteiger partial charge is 0.481 e. The predicted octanol–water partition coefficient (Wildman–Crippen LogP) is 1.72. The molecule has 0 radical (unpaired) electrons. The molecule has 0 unspecified atom stereocenters. The second-order valence-corrected chi connectivity index (χ2v) is 3.58. The summed E-state index contributed by atoms with van der Waals surface area (Å²) in [5.74, 6) is 0.712. The SMILES string of the molecule is COc1cc(OC)nc(N(OC=O)c2ccccc2)n1. The molecular weight excluding hydrogens is 262 g/mol. The third-order valence-electron chi connectivity index (χ3n) is 2.41. The Kier molecular flexibility index (Phi) is 4.33. The molecule has 0 atom stereocenters. The van der Waals surface area contributed by atoms with Crippen LogP contribution in [-0.4, -0.2) is 30.7 Å². The molecule has 0 spiro atoms. The maximum absolute atomic E-state index is 10.7. The number of para-hydroxylation sites is 1. The Morgan fingerprint density at radius 1 is 1.05 bits per heavy atom. The van der Waals surface area contributed by atoms with Gasteiger partial charge in [-0.3, -0.25) is 4.79 Å². The highest BCUT2D eigenvalue weighted by molar-refractivity contribution is 5.58. The molecule has 1 aromatic heterocycles. The molecule has 0 aliphatic carbocycles. The van der Waals surface area contributed by atoms with Gasteiger partial charge in [-0.2, -0.15) is 9.97 Å². The number of nitrogens with zero attached hydrogens (tertiary/aromatic N) is 3. The standard InChI is InChI=1S/C13H13N3O4/c1-18-11-8-12(19-2)15-13(14-11)16(20-9-17)10-6-4-3-5-7-10/h3-9H,1-2H3. The molecule has 20 heavy (non-hydrogen) atoms. The van der Waals surface area contributed by atoms with Gasteiger partial charge in [-0.05, 0) is 12.1 Å². The molecule has 1 aromatic carbocycles. The molecule has 0 aliphatic heterocycles. The van der Waals surface area contributed by atoms with E-state index in [4.69, 9.17) is 14.3 Å². The second kappa shape index (κ2) is 6.37. The minimum atomic E-state index is 0.125. The summed E-state index contributed by atoms with van der Waals surface area (Å²) in [4.78, 5) is 23.9. The Balaban J connectivity index is 2.46. The summed E-state index contributed by atoms with van der Waals surface area (Å²) in [6.45, 7) is 0.294. The van der Waals surface area contributed by atoms with E-state index >= 15 is 0 Å². The van der Waals surface area contributed by atoms with Crippen molar-refractivity contribution < 1.29 is 19.1 Å². The average molecular weight is 275 g/mol. The van der Waals surface area contributed by atoms with Crippen molar-refractivity contribution >= 4 is 18.1 Å². The Hall–Kier alpha value is -2.83. The highest BCUT2D eigenvalue weighted by Crippen LogP contribution is 2.26. The van der Waals surface area contributed by atoms with Gasteiger partial charge in [0.2, 0.25) is 11.8 Å². The number of benzene rings is 1. The number of aromatic nitrogens is 2. The zero-order valence-corrected chi connectivity index (χ0v) is 11.0. The fourth-order valence-corrected chi connectivity index (χ4v) is 1.52. The van der Waals surface area contributed by atoms with Crippen molar-refractivity contribution in [2.45, 2.75) is 0 Å². The van der Waals surface area contributed by atoms with Crippen LogP contribution in [0.3, 0.4) is 0 Å². The maximum atomic E-state index is 10.7. The fraction of sp³-hybridized carbons (Fsp3) is 0.154. The van der Waals surface area contributed by atoms with Gasteiger partial charge in [-0.1, -0.05) is 18.2 Å². The van der Waals surface area contributed by atoms with E-state index in [1.807, 2.05) is 6.07 Å². The van der Waals surface area contributed by atoms with Crippen LogP contribution in [0.2, 0.25) is 0 Å². The monoisotopic (exact) mass is 275 g/mol. The number of hydrogen-bond acceptors (Lipinski definition) is 7. The zero-order chi connectivity index (χ0) is 14.4. The summed E-state index contributed by atoms with van der Waals surface area (Å²) in [6, 6.07) is 10.5. The van der Waals surface area contributed by atoms with Crippen molar-refractivity contribution in [2.75, 3.05) is 19.3 Å². The summed E-state index contributed by atoms with van der Waals surface area (Å²) >= 11 is 0. The van der Waals surface area contributed by atoms with Crippen LogP contribution in [0, 0.1) is 0 Å². The van der Waals surface area contributed by atoms with Gasteiger partial charge in [0.05, 0.1) is 26.0 Å². The van der Waals surface area contributed by atoms with Crippen molar-refractivity contribution in [2.24, 2.45) is 0 Å². The number of rotatable bonds is 6. The normalized spacial score (nSPS) is 9.70. The number of anilines is 2.